The predicted octanol–water partition coefficient (Wildman–Crippen LogP) is 1.50. The van der Waals surface area contributed by atoms with Crippen LogP contribution in [0, 0.1) is 0 Å². The number of nitrogens with one attached hydrogen (secondary N) is 2. The number of rotatable bonds is 9. The maximum Gasteiger partial charge on any atom is 0.240 e. The molecule has 0 saturated heterocycles. The lowest BCUT2D eigenvalue weighted by Gasteiger charge is -2.04. The van der Waals surface area contributed by atoms with E-state index in [1.807, 2.05) is 0 Å². The lowest BCUT2D eigenvalue weighted by Crippen LogP contribution is -2.22. The molecule has 0 unspecified atom stereocenters. The summed E-state index contributed by atoms with van der Waals surface area (Å²) < 4.78 is 9.97. The summed E-state index contributed by atoms with van der Waals surface area (Å²) in [5.41, 5.74) is 5.85. The fraction of sp³-hybridized carbons (Fsp3) is 0.200. The zero-order valence-corrected chi connectivity index (χ0v) is 16.5. The van der Waals surface area contributed by atoms with Gasteiger partial charge in [0.15, 0.2) is 23.0 Å². The Kier molecular flexibility index (Phi) is 8.18. The Morgan fingerprint density at radius 2 is 1.23 bits per heavy atom. The summed E-state index contributed by atoms with van der Waals surface area (Å²) in [6.45, 7) is 0. The SMILES string of the molecule is COc1cc(/C=N\NC(=O)CCC(=O)N/N=C/c2ccc(O)c(OC)c2)ccc1O. The van der Waals surface area contributed by atoms with E-state index < -0.39 is 11.8 Å². The van der Waals surface area contributed by atoms with Crippen LogP contribution in [0.4, 0.5) is 0 Å². The normalized spacial score (nSPS) is 10.9. The molecule has 0 heterocycles. The molecule has 0 aliphatic carbocycles. The number of amides is 2. The number of phenolic OH excluding ortho intramolecular Hbond substituents is 2. The zero-order chi connectivity index (χ0) is 21.9. The van der Waals surface area contributed by atoms with Crippen LogP contribution in [0.15, 0.2) is 46.6 Å². The molecule has 2 amide bonds. The van der Waals surface area contributed by atoms with E-state index in [1.54, 1.807) is 24.3 Å². The summed E-state index contributed by atoms with van der Waals surface area (Å²) in [5, 5.41) is 26.6. The fourth-order valence-electron chi connectivity index (χ4n) is 2.25. The van der Waals surface area contributed by atoms with Crippen LogP contribution in [0.5, 0.6) is 23.0 Å². The largest absolute Gasteiger partial charge is 0.504 e. The van der Waals surface area contributed by atoms with Crippen LogP contribution >= 0.6 is 0 Å². The second-order valence-electron chi connectivity index (χ2n) is 5.95. The van der Waals surface area contributed by atoms with Crippen LogP contribution in [0.2, 0.25) is 0 Å². The lowest BCUT2D eigenvalue weighted by molar-refractivity contribution is -0.126. The summed E-state index contributed by atoms with van der Waals surface area (Å²) in [7, 11) is 2.85. The number of hydrazone groups is 2. The molecule has 2 aromatic rings. The molecule has 10 heteroatoms. The van der Waals surface area contributed by atoms with E-state index in [1.165, 1.54) is 38.8 Å². The zero-order valence-electron chi connectivity index (χ0n) is 16.5. The fourth-order valence-corrected chi connectivity index (χ4v) is 2.25. The van der Waals surface area contributed by atoms with Gasteiger partial charge in [0.2, 0.25) is 11.8 Å². The Balaban J connectivity index is 1.74. The third-order valence-electron chi connectivity index (χ3n) is 3.79. The number of phenols is 2. The second kappa shape index (κ2) is 11.1. The van der Waals surface area contributed by atoms with Gasteiger partial charge in [-0.3, -0.25) is 9.59 Å². The van der Waals surface area contributed by atoms with Gasteiger partial charge in [0.25, 0.3) is 0 Å². The van der Waals surface area contributed by atoms with Crippen molar-refractivity contribution in [3.8, 4) is 23.0 Å². The Bertz CT molecular complexity index is 881. The number of hydrogen-bond acceptors (Lipinski definition) is 8. The maximum absolute atomic E-state index is 11.8. The van der Waals surface area contributed by atoms with E-state index in [0.717, 1.165) is 0 Å². The van der Waals surface area contributed by atoms with Crippen LogP contribution < -0.4 is 20.3 Å². The predicted molar refractivity (Wildman–Crippen MR) is 110 cm³/mol. The second-order valence-corrected chi connectivity index (χ2v) is 5.95. The highest BCUT2D eigenvalue weighted by molar-refractivity contribution is 5.87. The topological polar surface area (TPSA) is 142 Å². The van der Waals surface area contributed by atoms with Crippen molar-refractivity contribution in [2.24, 2.45) is 10.2 Å². The lowest BCUT2D eigenvalue weighted by atomic mass is 10.2. The third-order valence-corrected chi connectivity index (χ3v) is 3.79. The molecule has 0 spiro atoms. The minimum absolute atomic E-state index is 0.00286. The van der Waals surface area contributed by atoms with Gasteiger partial charge >= 0.3 is 0 Å². The number of hydrogen-bond donors (Lipinski definition) is 4. The first kappa shape index (κ1) is 22.2. The molecule has 10 nitrogen and oxygen atoms in total. The average molecular weight is 414 g/mol. The Morgan fingerprint density at radius 1 is 0.833 bits per heavy atom. The average Bonchev–Trinajstić information content (AvgIpc) is 2.74. The smallest absolute Gasteiger partial charge is 0.240 e. The highest BCUT2D eigenvalue weighted by Crippen LogP contribution is 2.26. The van der Waals surface area contributed by atoms with Crippen molar-refractivity contribution in [1.29, 1.82) is 0 Å². The van der Waals surface area contributed by atoms with Crippen LogP contribution in [-0.4, -0.2) is 48.7 Å². The molecule has 0 fully saturated rings. The van der Waals surface area contributed by atoms with Crippen LogP contribution in [0.1, 0.15) is 24.0 Å². The van der Waals surface area contributed by atoms with Crippen molar-refractivity contribution in [2.75, 3.05) is 14.2 Å². The number of methoxy groups -OCH3 is 2. The van der Waals surface area contributed by atoms with Gasteiger partial charge in [-0.25, -0.2) is 10.9 Å². The van der Waals surface area contributed by atoms with Crippen molar-refractivity contribution in [1.82, 2.24) is 10.9 Å². The minimum Gasteiger partial charge on any atom is -0.504 e. The van der Waals surface area contributed by atoms with Crippen LogP contribution in [0.25, 0.3) is 0 Å². The van der Waals surface area contributed by atoms with E-state index in [4.69, 9.17) is 9.47 Å². The Labute approximate surface area is 172 Å². The number of aromatic hydroxyl groups is 2. The van der Waals surface area contributed by atoms with E-state index in [2.05, 4.69) is 21.1 Å². The molecule has 0 aromatic heterocycles. The number of carbonyl (C=O) groups excluding carboxylic acids is 2. The van der Waals surface area contributed by atoms with Gasteiger partial charge in [0.1, 0.15) is 0 Å². The number of carbonyl (C=O) groups is 2. The first-order chi connectivity index (χ1) is 14.4. The Morgan fingerprint density at radius 3 is 1.60 bits per heavy atom. The molecule has 0 aliphatic heterocycles. The summed E-state index contributed by atoms with van der Waals surface area (Å²) in [6.07, 6.45) is 2.61. The molecule has 30 heavy (non-hydrogen) atoms. The molecule has 2 rings (SSSR count). The number of nitrogens with zero attached hydrogens (tertiary/aromatic N) is 2. The highest BCUT2D eigenvalue weighted by Gasteiger charge is 2.06. The molecule has 2 aromatic carbocycles. The van der Waals surface area contributed by atoms with Crippen molar-refractivity contribution in [2.45, 2.75) is 12.8 Å². The summed E-state index contributed by atoms with van der Waals surface area (Å²) in [5.74, 6) is -0.325. The molecule has 0 aliphatic rings. The first-order valence-corrected chi connectivity index (χ1v) is 8.80. The van der Waals surface area contributed by atoms with Crippen LogP contribution in [0.3, 0.4) is 0 Å². The molecular formula is C20H22N4O6. The van der Waals surface area contributed by atoms with E-state index >= 15 is 0 Å². The van der Waals surface area contributed by atoms with E-state index in [0.29, 0.717) is 11.1 Å². The molecule has 0 saturated carbocycles. The molecule has 0 atom stereocenters. The molecular weight excluding hydrogens is 392 g/mol. The molecule has 158 valence electrons. The van der Waals surface area contributed by atoms with Crippen molar-refractivity contribution in [3.05, 3.63) is 47.5 Å². The quantitative estimate of drug-likeness (QED) is 0.362. The number of ether oxygens (including phenoxy) is 2. The van der Waals surface area contributed by atoms with Crippen LogP contribution in [-0.2, 0) is 9.59 Å². The van der Waals surface area contributed by atoms with Gasteiger partial charge in [-0.2, -0.15) is 10.2 Å². The maximum atomic E-state index is 11.8. The van der Waals surface area contributed by atoms with Gasteiger partial charge in [0.05, 0.1) is 26.6 Å². The van der Waals surface area contributed by atoms with E-state index in [9.17, 15) is 19.8 Å². The van der Waals surface area contributed by atoms with Gasteiger partial charge < -0.3 is 19.7 Å². The summed E-state index contributed by atoms with van der Waals surface area (Å²) >= 11 is 0. The standard InChI is InChI=1S/C20H22N4O6/c1-29-17-9-13(3-5-15(17)25)11-21-23-19(27)7-8-20(28)24-22-12-14-4-6-16(26)18(10-14)30-2/h3-6,9-12,25-26H,7-8H2,1-2H3,(H,23,27)(H,24,28)/b21-11-,22-12+. The molecule has 0 radical (unpaired) electrons. The summed E-state index contributed by atoms with van der Waals surface area (Å²) in [4.78, 5) is 23.5. The monoisotopic (exact) mass is 414 g/mol. The minimum atomic E-state index is -0.445. The molecule has 0 bridgehead atoms. The first-order valence-electron chi connectivity index (χ1n) is 8.80. The molecule has 4 N–H and O–H groups in total. The number of benzene rings is 2. The third kappa shape index (κ3) is 6.82. The van der Waals surface area contributed by atoms with Crippen molar-refractivity contribution >= 4 is 24.2 Å². The van der Waals surface area contributed by atoms with Gasteiger partial charge in [-0.1, -0.05) is 0 Å². The highest BCUT2D eigenvalue weighted by atomic mass is 16.5. The van der Waals surface area contributed by atoms with Crippen molar-refractivity contribution in [3.63, 3.8) is 0 Å². The summed E-state index contributed by atoms with van der Waals surface area (Å²) in [6, 6.07) is 9.20. The van der Waals surface area contributed by atoms with Gasteiger partial charge in [0, 0.05) is 12.8 Å². The van der Waals surface area contributed by atoms with Crippen molar-refractivity contribution < 1.29 is 29.3 Å². The van der Waals surface area contributed by atoms with E-state index in [-0.39, 0.29) is 35.8 Å². The van der Waals surface area contributed by atoms with Gasteiger partial charge in [-0.05, 0) is 47.5 Å². The van der Waals surface area contributed by atoms with Gasteiger partial charge in [-0.15, -0.1) is 0 Å². The Hall–Kier alpha value is -4.08.